The molecule has 0 saturated carbocycles. The smallest absolute Gasteiger partial charge is 0.277 e. The minimum absolute atomic E-state index is 0.0807. The lowest BCUT2D eigenvalue weighted by molar-refractivity contribution is -0.137. The Kier molecular flexibility index (Phi) is 6.40. The summed E-state index contributed by atoms with van der Waals surface area (Å²) < 4.78 is 5.74. The standard InChI is InChI=1S/C26H30N2O3/c1-19(2)31-22-13-11-21(12-14-22)23-24(27-16-7-4-8-17-27)26(30)28(25(23)29)18-15-20-9-5-3-6-10-20/h3,5-6,9-14,19H,4,7-8,15-18H2,1-2H3. The van der Waals surface area contributed by atoms with Crippen molar-refractivity contribution < 1.29 is 14.3 Å². The Bertz CT molecular complexity index is 958. The maximum absolute atomic E-state index is 13.4. The van der Waals surface area contributed by atoms with E-state index in [1.54, 1.807) is 0 Å². The first-order valence-electron chi connectivity index (χ1n) is 11.2. The van der Waals surface area contributed by atoms with Crippen LogP contribution in [0.25, 0.3) is 5.57 Å². The van der Waals surface area contributed by atoms with Gasteiger partial charge in [0.1, 0.15) is 11.4 Å². The van der Waals surface area contributed by atoms with Gasteiger partial charge in [-0.15, -0.1) is 0 Å². The number of piperidine rings is 1. The molecule has 0 bridgehead atoms. The van der Waals surface area contributed by atoms with Crippen LogP contribution in [0.4, 0.5) is 0 Å². The van der Waals surface area contributed by atoms with Gasteiger partial charge < -0.3 is 9.64 Å². The zero-order valence-corrected chi connectivity index (χ0v) is 18.3. The molecule has 2 amide bonds. The fraction of sp³-hybridized carbons (Fsp3) is 0.385. The third-order valence-corrected chi connectivity index (χ3v) is 5.80. The molecular formula is C26H30N2O3. The number of amides is 2. The number of benzene rings is 2. The van der Waals surface area contributed by atoms with E-state index in [-0.39, 0.29) is 17.9 Å². The maximum Gasteiger partial charge on any atom is 0.277 e. The molecule has 5 nitrogen and oxygen atoms in total. The van der Waals surface area contributed by atoms with Gasteiger partial charge in [-0.3, -0.25) is 14.5 Å². The van der Waals surface area contributed by atoms with E-state index in [1.807, 2.05) is 68.4 Å². The van der Waals surface area contributed by atoms with E-state index < -0.39 is 0 Å². The predicted molar refractivity (Wildman–Crippen MR) is 121 cm³/mol. The zero-order chi connectivity index (χ0) is 21.8. The fourth-order valence-corrected chi connectivity index (χ4v) is 4.30. The highest BCUT2D eigenvalue weighted by Crippen LogP contribution is 2.34. The highest BCUT2D eigenvalue weighted by Gasteiger charge is 2.41. The molecule has 1 fully saturated rings. The molecule has 5 heteroatoms. The number of ether oxygens (including phenoxy) is 1. The molecule has 162 valence electrons. The highest BCUT2D eigenvalue weighted by atomic mass is 16.5. The Balaban J connectivity index is 1.63. The number of imide groups is 1. The van der Waals surface area contributed by atoms with Gasteiger partial charge in [-0.2, -0.15) is 0 Å². The summed E-state index contributed by atoms with van der Waals surface area (Å²) in [6, 6.07) is 17.5. The Morgan fingerprint density at radius 2 is 1.55 bits per heavy atom. The van der Waals surface area contributed by atoms with Crippen molar-refractivity contribution in [2.45, 2.75) is 45.6 Å². The van der Waals surface area contributed by atoms with Crippen LogP contribution in [-0.4, -0.2) is 47.4 Å². The number of hydrogen-bond acceptors (Lipinski definition) is 4. The second kappa shape index (κ2) is 9.38. The molecule has 2 aromatic rings. The third-order valence-electron chi connectivity index (χ3n) is 5.80. The van der Waals surface area contributed by atoms with Crippen molar-refractivity contribution in [3.05, 3.63) is 71.4 Å². The Morgan fingerprint density at radius 1 is 0.871 bits per heavy atom. The van der Waals surface area contributed by atoms with E-state index in [9.17, 15) is 9.59 Å². The molecule has 0 aromatic heterocycles. The Morgan fingerprint density at radius 3 is 2.19 bits per heavy atom. The molecule has 2 aliphatic heterocycles. The van der Waals surface area contributed by atoms with Crippen molar-refractivity contribution in [2.24, 2.45) is 0 Å². The lowest BCUT2D eigenvalue weighted by atomic mass is 10.0. The number of hydrogen-bond donors (Lipinski definition) is 0. The summed E-state index contributed by atoms with van der Waals surface area (Å²) in [4.78, 5) is 30.4. The minimum atomic E-state index is -0.195. The van der Waals surface area contributed by atoms with Gasteiger partial charge in [-0.25, -0.2) is 0 Å². The van der Waals surface area contributed by atoms with Gasteiger partial charge in [0.25, 0.3) is 11.8 Å². The first-order valence-corrected chi connectivity index (χ1v) is 11.2. The van der Waals surface area contributed by atoms with Crippen LogP contribution in [0.1, 0.15) is 44.2 Å². The normalized spacial score (nSPS) is 17.1. The van der Waals surface area contributed by atoms with Crippen LogP contribution in [0.15, 0.2) is 60.3 Å². The van der Waals surface area contributed by atoms with Gasteiger partial charge in [0.2, 0.25) is 0 Å². The molecule has 0 N–H and O–H groups in total. The number of carbonyl (C=O) groups excluding carboxylic acids is 2. The largest absolute Gasteiger partial charge is 0.491 e. The molecule has 4 rings (SSSR count). The molecule has 0 unspecified atom stereocenters. The van der Waals surface area contributed by atoms with E-state index in [1.165, 1.54) is 11.3 Å². The van der Waals surface area contributed by atoms with Crippen LogP contribution in [0.5, 0.6) is 5.75 Å². The molecule has 1 saturated heterocycles. The average molecular weight is 419 g/mol. The first-order chi connectivity index (χ1) is 15.0. The van der Waals surface area contributed by atoms with Crippen LogP contribution < -0.4 is 4.74 Å². The average Bonchev–Trinajstić information content (AvgIpc) is 3.03. The van der Waals surface area contributed by atoms with Crippen LogP contribution in [0.3, 0.4) is 0 Å². The maximum atomic E-state index is 13.4. The predicted octanol–water partition coefficient (Wildman–Crippen LogP) is 4.28. The molecule has 2 aliphatic rings. The summed E-state index contributed by atoms with van der Waals surface area (Å²) in [7, 11) is 0. The van der Waals surface area contributed by atoms with Gasteiger partial charge in [-0.05, 0) is 62.8 Å². The quantitative estimate of drug-likeness (QED) is 0.630. The number of nitrogens with zero attached hydrogens (tertiary/aromatic N) is 2. The van der Waals surface area contributed by atoms with Gasteiger partial charge in [0.15, 0.2) is 0 Å². The zero-order valence-electron chi connectivity index (χ0n) is 18.3. The van der Waals surface area contributed by atoms with Crippen molar-refractivity contribution in [2.75, 3.05) is 19.6 Å². The van der Waals surface area contributed by atoms with E-state index in [4.69, 9.17) is 4.74 Å². The van der Waals surface area contributed by atoms with Crippen molar-refractivity contribution >= 4 is 17.4 Å². The molecule has 2 aromatic carbocycles. The molecule has 31 heavy (non-hydrogen) atoms. The summed E-state index contributed by atoms with van der Waals surface area (Å²) in [6.07, 6.45) is 3.99. The van der Waals surface area contributed by atoms with Crippen molar-refractivity contribution in [3.8, 4) is 5.75 Å². The van der Waals surface area contributed by atoms with Crippen LogP contribution in [-0.2, 0) is 16.0 Å². The monoisotopic (exact) mass is 418 g/mol. The van der Waals surface area contributed by atoms with Crippen molar-refractivity contribution in [1.82, 2.24) is 9.80 Å². The summed E-state index contributed by atoms with van der Waals surface area (Å²) in [5.41, 5.74) is 2.98. The second-order valence-electron chi connectivity index (χ2n) is 8.46. The van der Waals surface area contributed by atoms with E-state index in [0.29, 0.717) is 24.2 Å². The highest BCUT2D eigenvalue weighted by molar-refractivity contribution is 6.35. The molecule has 0 aliphatic carbocycles. The third kappa shape index (κ3) is 4.66. The molecule has 0 atom stereocenters. The minimum Gasteiger partial charge on any atom is -0.491 e. The summed E-state index contributed by atoms with van der Waals surface area (Å²) in [5, 5.41) is 0. The molecule has 0 radical (unpaired) electrons. The van der Waals surface area contributed by atoms with E-state index in [0.717, 1.165) is 42.8 Å². The topological polar surface area (TPSA) is 49.9 Å². The first kappa shape index (κ1) is 21.2. The van der Waals surface area contributed by atoms with Crippen molar-refractivity contribution in [3.63, 3.8) is 0 Å². The number of carbonyl (C=O) groups is 2. The van der Waals surface area contributed by atoms with Crippen molar-refractivity contribution in [1.29, 1.82) is 0 Å². The summed E-state index contributed by atoms with van der Waals surface area (Å²) >= 11 is 0. The number of rotatable bonds is 7. The SMILES string of the molecule is CC(C)Oc1ccc(C2=C(N3CCCCC3)C(=O)N(CCc3ccccc3)C2=O)cc1. The fourth-order valence-electron chi connectivity index (χ4n) is 4.30. The molecular weight excluding hydrogens is 388 g/mol. The van der Waals surface area contributed by atoms with E-state index in [2.05, 4.69) is 4.90 Å². The van der Waals surface area contributed by atoms with E-state index >= 15 is 0 Å². The van der Waals surface area contributed by atoms with Gasteiger partial charge >= 0.3 is 0 Å². The number of likely N-dealkylation sites (tertiary alicyclic amines) is 1. The van der Waals surface area contributed by atoms with Gasteiger partial charge in [-0.1, -0.05) is 42.5 Å². The summed E-state index contributed by atoms with van der Waals surface area (Å²) in [6.45, 7) is 5.98. The van der Waals surface area contributed by atoms with Gasteiger partial charge in [0, 0.05) is 19.6 Å². The van der Waals surface area contributed by atoms with Crippen LogP contribution in [0, 0.1) is 0 Å². The second-order valence-corrected chi connectivity index (χ2v) is 8.46. The summed E-state index contributed by atoms with van der Waals surface area (Å²) in [5.74, 6) is 0.399. The van der Waals surface area contributed by atoms with Crippen LogP contribution >= 0.6 is 0 Å². The van der Waals surface area contributed by atoms with Gasteiger partial charge in [0.05, 0.1) is 11.7 Å². The Hall–Kier alpha value is -3.08. The molecule has 0 spiro atoms. The molecule has 2 heterocycles. The van der Waals surface area contributed by atoms with Crippen LogP contribution in [0.2, 0.25) is 0 Å². The Labute approximate surface area is 184 Å². The lowest BCUT2D eigenvalue weighted by Gasteiger charge is -2.29. The lowest BCUT2D eigenvalue weighted by Crippen LogP contribution is -2.38.